The minimum atomic E-state index is -0.260. The van der Waals surface area contributed by atoms with Gasteiger partial charge in [0.05, 0.1) is 16.8 Å². The Kier molecular flexibility index (Phi) is 3.26. The highest BCUT2D eigenvalue weighted by Gasteiger charge is 2.10. The molecule has 0 spiro atoms. The van der Waals surface area contributed by atoms with Crippen LogP contribution in [0.15, 0.2) is 18.2 Å². The number of carbonyl (C=O) groups is 1. The lowest BCUT2D eigenvalue weighted by atomic mass is 10.2. The van der Waals surface area contributed by atoms with Gasteiger partial charge in [0.1, 0.15) is 0 Å². The monoisotopic (exact) mass is 251 g/mol. The Balaban J connectivity index is 2.26. The lowest BCUT2D eigenvalue weighted by molar-refractivity contribution is 0.0922. The van der Waals surface area contributed by atoms with Crippen LogP contribution in [0.2, 0.25) is 0 Å². The molecule has 0 bridgehead atoms. The van der Waals surface area contributed by atoms with Gasteiger partial charge in [-0.2, -0.15) is 0 Å². The molecule has 0 saturated carbocycles. The number of carbonyl (C=O) groups excluding carboxylic acids is 1. The zero-order valence-electron chi connectivity index (χ0n) is 9.30. The Bertz CT molecular complexity index is 553. The number of nitrogens with zero attached hydrogens (tertiary/aromatic N) is 1. The van der Waals surface area contributed by atoms with E-state index in [9.17, 15) is 4.79 Å². The summed E-state index contributed by atoms with van der Waals surface area (Å²) in [7, 11) is 0. The third kappa shape index (κ3) is 2.54. The summed E-state index contributed by atoms with van der Waals surface area (Å²) in [5, 5.41) is 12.0. The quantitative estimate of drug-likeness (QED) is 0.759. The maximum atomic E-state index is 11.8. The number of nitrogens with two attached hydrogens (primary N) is 1. The molecule has 0 unspecified atom stereocenters. The molecule has 0 saturated heterocycles. The Morgan fingerprint density at radius 1 is 1.65 bits per heavy atom. The average Bonchev–Trinajstić information content (AvgIpc) is 2.67. The molecule has 1 heterocycles. The van der Waals surface area contributed by atoms with Crippen LogP contribution in [0.4, 0.5) is 5.13 Å². The van der Waals surface area contributed by atoms with E-state index in [2.05, 4.69) is 10.3 Å². The van der Waals surface area contributed by atoms with Crippen molar-refractivity contribution in [2.24, 2.45) is 0 Å². The number of aliphatic hydroxyl groups excluding tert-OH is 1. The predicted molar refractivity (Wildman–Crippen MR) is 68.0 cm³/mol. The number of nitrogen functional groups attached to an aromatic ring is 1. The van der Waals surface area contributed by atoms with Crippen LogP contribution < -0.4 is 11.1 Å². The van der Waals surface area contributed by atoms with Crippen molar-refractivity contribution in [3.05, 3.63) is 23.8 Å². The molecule has 17 heavy (non-hydrogen) atoms. The molecule has 1 atom stereocenters. The number of fused-ring (bicyclic) bond motifs is 1. The van der Waals surface area contributed by atoms with Gasteiger partial charge in [-0.1, -0.05) is 11.3 Å². The van der Waals surface area contributed by atoms with Crippen LogP contribution in [0.25, 0.3) is 10.2 Å². The van der Waals surface area contributed by atoms with Crippen LogP contribution >= 0.6 is 11.3 Å². The topological polar surface area (TPSA) is 88.2 Å². The zero-order valence-corrected chi connectivity index (χ0v) is 10.1. The third-order valence-corrected chi connectivity index (χ3v) is 3.17. The number of hydrogen-bond acceptors (Lipinski definition) is 5. The van der Waals surface area contributed by atoms with Crippen molar-refractivity contribution in [3.63, 3.8) is 0 Å². The molecule has 1 aromatic carbocycles. The van der Waals surface area contributed by atoms with Crippen molar-refractivity contribution in [2.75, 3.05) is 12.3 Å². The van der Waals surface area contributed by atoms with Gasteiger partial charge in [0.15, 0.2) is 5.13 Å². The molecule has 5 nitrogen and oxygen atoms in total. The largest absolute Gasteiger partial charge is 0.394 e. The van der Waals surface area contributed by atoms with Crippen molar-refractivity contribution < 1.29 is 9.90 Å². The van der Waals surface area contributed by atoms with E-state index in [-0.39, 0.29) is 18.6 Å². The van der Waals surface area contributed by atoms with Gasteiger partial charge in [0, 0.05) is 11.6 Å². The summed E-state index contributed by atoms with van der Waals surface area (Å²) in [6, 6.07) is 4.95. The summed E-state index contributed by atoms with van der Waals surface area (Å²) in [4.78, 5) is 15.9. The predicted octanol–water partition coefficient (Wildman–Crippen LogP) is 0.989. The van der Waals surface area contributed by atoms with Gasteiger partial charge in [-0.05, 0) is 25.1 Å². The van der Waals surface area contributed by atoms with Gasteiger partial charge >= 0.3 is 0 Å². The van der Waals surface area contributed by atoms with Crippen molar-refractivity contribution in [1.82, 2.24) is 10.3 Å². The number of thiazole rings is 1. The van der Waals surface area contributed by atoms with E-state index in [0.717, 1.165) is 10.2 Å². The molecule has 0 radical (unpaired) electrons. The molecule has 4 N–H and O–H groups in total. The highest BCUT2D eigenvalue weighted by Crippen LogP contribution is 2.24. The summed E-state index contributed by atoms with van der Waals surface area (Å²) < 4.78 is 0.881. The first-order valence-corrected chi connectivity index (χ1v) is 5.99. The smallest absolute Gasteiger partial charge is 0.251 e. The number of rotatable bonds is 3. The van der Waals surface area contributed by atoms with Crippen molar-refractivity contribution >= 4 is 32.6 Å². The first-order valence-electron chi connectivity index (χ1n) is 5.18. The molecule has 0 fully saturated rings. The Morgan fingerprint density at radius 2 is 2.41 bits per heavy atom. The lowest BCUT2D eigenvalue weighted by Gasteiger charge is -2.10. The second-order valence-corrected chi connectivity index (χ2v) is 4.85. The van der Waals surface area contributed by atoms with E-state index < -0.39 is 0 Å². The van der Waals surface area contributed by atoms with Crippen LogP contribution in [0.1, 0.15) is 17.3 Å². The Labute approximate surface area is 102 Å². The number of aromatic nitrogens is 1. The van der Waals surface area contributed by atoms with E-state index in [4.69, 9.17) is 10.8 Å². The highest BCUT2D eigenvalue weighted by molar-refractivity contribution is 7.22. The summed E-state index contributed by atoms with van der Waals surface area (Å²) in [5.41, 5.74) is 6.93. The summed E-state index contributed by atoms with van der Waals surface area (Å²) in [6.07, 6.45) is 0. The van der Waals surface area contributed by atoms with Crippen LogP contribution in [-0.4, -0.2) is 28.6 Å². The molecular weight excluding hydrogens is 238 g/mol. The lowest BCUT2D eigenvalue weighted by Crippen LogP contribution is -2.34. The molecule has 0 aliphatic heterocycles. The summed E-state index contributed by atoms with van der Waals surface area (Å²) in [5.74, 6) is -0.208. The van der Waals surface area contributed by atoms with Crippen molar-refractivity contribution in [1.29, 1.82) is 0 Å². The fourth-order valence-electron chi connectivity index (χ4n) is 1.44. The number of aliphatic hydroxyl groups is 1. The van der Waals surface area contributed by atoms with Crippen molar-refractivity contribution in [3.8, 4) is 0 Å². The third-order valence-electron chi connectivity index (χ3n) is 2.32. The molecule has 0 aliphatic carbocycles. The van der Waals surface area contributed by atoms with E-state index in [1.807, 2.05) is 0 Å². The maximum Gasteiger partial charge on any atom is 0.251 e. The van der Waals surface area contributed by atoms with E-state index in [1.54, 1.807) is 25.1 Å². The van der Waals surface area contributed by atoms with Gasteiger partial charge in [0.2, 0.25) is 0 Å². The van der Waals surface area contributed by atoms with Gasteiger partial charge in [0.25, 0.3) is 5.91 Å². The van der Waals surface area contributed by atoms with Crippen LogP contribution in [0.3, 0.4) is 0 Å². The van der Waals surface area contributed by atoms with Gasteiger partial charge in [-0.25, -0.2) is 4.98 Å². The summed E-state index contributed by atoms with van der Waals surface area (Å²) >= 11 is 1.35. The molecule has 0 aliphatic rings. The SMILES string of the molecule is C[C@@H](CO)NC(=O)c1ccc2nc(N)sc2c1. The molecule has 90 valence electrons. The second kappa shape index (κ2) is 4.68. The van der Waals surface area contributed by atoms with E-state index in [0.29, 0.717) is 10.7 Å². The minimum absolute atomic E-state index is 0.0819. The standard InChI is InChI=1S/C11H13N3O2S/c1-6(5-15)13-10(16)7-2-3-8-9(4-7)17-11(12)14-8/h2-4,6,15H,5H2,1H3,(H2,12,14)(H,13,16)/t6-/m0/s1. The number of amides is 1. The molecule has 1 aromatic heterocycles. The van der Waals surface area contributed by atoms with Crippen LogP contribution in [0.5, 0.6) is 0 Å². The maximum absolute atomic E-state index is 11.8. The van der Waals surface area contributed by atoms with Crippen molar-refractivity contribution in [2.45, 2.75) is 13.0 Å². The van der Waals surface area contributed by atoms with E-state index in [1.165, 1.54) is 11.3 Å². The first kappa shape index (κ1) is 11.8. The number of nitrogens with one attached hydrogen (secondary N) is 1. The fourth-order valence-corrected chi connectivity index (χ4v) is 2.21. The molecule has 6 heteroatoms. The number of benzene rings is 1. The Hall–Kier alpha value is -1.66. The van der Waals surface area contributed by atoms with Gasteiger partial charge < -0.3 is 16.2 Å². The summed E-state index contributed by atoms with van der Waals surface area (Å²) in [6.45, 7) is 1.66. The molecular formula is C11H13N3O2S. The van der Waals surface area contributed by atoms with Crippen LogP contribution in [0, 0.1) is 0 Å². The van der Waals surface area contributed by atoms with E-state index >= 15 is 0 Å². The molecule has 2 aromatic rings. The number of anilines is 1. The van der Waals surface area contributed by atoms with Crippen LogP contribution in [-0.2, 0) is 0 Å². The first-order chi connectivity index (χ1) is 8.10. The van der Waals surface area contributed by atoms with Gasteiger partial charge in [-0.15, -0.1) is 0 Å². The molecule has 1 amide bonds. The fraction of sp³-hybridized carbons (Fsp3) is 0.273. The Morgan fingerprint density at radius 3 is 3.12 bits per heavy atom. The number of hydrogen-bond donors (Lipinski definition) is 3. The second-order valence-electron chi connectivity index (χ2n) is 3.79. The minimum Gasteiger partial charge on any atom is -0.394 e. The molecule has 2 rings (SSSR count). The van der Waals surface area contributed by atoms with Gasteiger partial charge in [-0.3, -0.25) is 4.79 Å². The highest BCUT2D eigenvalue weighted by atomic mass is 32.1. The normalized spacial score (nSPS) is 12.6. The zero-order chi connectivity index (χ0) is 12.4. The average molecular weight is 251 g/mol.